The highest BCUT2D eigenvalue weighted by molar-refractivity contribution is 7.91. The highest BCUT2D eigenvalue weighted by Crippen LogP contribution is 2.56. The highest BCUT2D eigenvalue weighted by atomic mass is 32.2. The van der Waals surface area contributed by atoms with Crippen molar-refractivity contribution in [1.82, 2.24) is 29.7 Å². The minimum absolute atomic E-state index is 0.0174. The molecule has 4 N–H and O–H groups in total. The van der Waals surface area contributed by atoms with Gasteiger partial charge in [0, 0.05) is 120 Å². The zero-order chi connectivity index (χ0) is 59.3. The number of nitrogens with two attached hydrogens (primary N) is 1. The van der Waals surface area contributed by atoms with Crippen LogP contribution in [-0.4, -0.2) is 191 Å². The lowest BCUT2D eigenvalue weighted by Crippen LogP contribution is -2.60. The summed E-state index contributed by atoms with van der Waals surface area (Å²) in [6.45, 7) is 12.2. The summed E-state index contributed by atoms with van der Waals surface area (Å²) in [5.41, 5.74) is 11.2. The van der Waals surface area contributed by atoms with E-state index >= 15 is 8.42 Å². The van der Waals surface area contributed by atoms with Gasteiger partial charge in [0.15, 0.2) is 23.0 Å². The van der Waals surface area contributed by atoms with Crippen LogP contribution in [-0.2, 0) is 30.6 Å². The van der Waals surface area contributed by atoms with Crippen LogP contribution in [0.2, 0.25) is 0 Å². The lowest BCUT2D eigenvalue weighted by molar-refractivity contribution is -0.384. The highest BCUT2D eigenvalue weighted by Gasteiger charge is 2.52. The van der Waals surface area contributed by atoms with E-state index in [1.54, 1.807) is 25.4 Å². The van der Waals surface area contributed by atoms with Gasteiger partial charge in [-0.25, -0.2) is 13.4 Å². The SMILES string of the molecule is COc1cc(CN2CCN(C3CC4(CCN(c5ccc(C(N)=O)c(N6c7cc8cc[nH]c8nc7O[C@H]7COCC[C@@H]76)c5S(=O)(=O)c5cc6c(c([N+](=O)[O-])c5)N[C@H](CN5C[C@@H]7C[C@H]5CO7)CO6)CC4)C3)[C@H](c3ccccc3C)C2)cnc1N1CCOCC1. The predicted octanol–water partition coefficient (Wildman–Crippen LogP) is 6.59. The van der Waals surface area contributed by atoms with E-state index in [1.807, 2.05) is 23.2 Å². The van der Waals surface area contributed by atoms with E-state index in [9.17, 15) is 14.9 Å². The zero-order valence-corrected chi connectivity index (χ0v) is 49.9. The van der Waals surface area contributed by atoms with Crippen molar-refractivity contribution < 1.29 is 46.6 Å². The smallest absolute Gasteiger partial charge is 0.297 e. The Hall–Kier alpha value is -7.32. The van der Waals surface area contributed by atoms with Crippen LogP contribution in [0.25, 0.3) is 11.0 Å². The molecule has 1 aliphatic carbocycles. The summed E-state index contributed by atoms with van der Waals surface area (Å²) in [5, 5.41) is 17.3. The number of aromatic nitrogens is 3. The maximum Gasteiger partial charge on any atom is 0.297 e. The van der Waals surface area contributed by atoms with Gasteiger partial charge in [-0.1, -0.05) is 24.3 Å². The Balaban J connectivity index is 0.747. The number of nitro groups is 1. The van der Waals surface area contributed by atoms with Gasteiger partial charge in [-0.2, -0.15) is 4.98 Å². The van der Waals surface area contributed by atoms with E-state index < -0.39 is 38.5 Å². The van der Waals surface area contributed by atoms with Crippen molar-refractivity contribution in [1.29, 1.82) is 0 Å². The lowest BCUT2D eigenvalue weighted by Gasteiger charge is -2.58. The molecule has 23 nitrogen and oxygen atoms in total. The molecule has 8 aliphatic heterocycles. The molecule has 3 aromatic carbocycles. The number of sulfone groups is 1. The number of ether oxygens (including phenoxy) is 6. The van der Waals surface area contributed by atoms with Gasteiger partial charge >= 0.3 is 0 Å². The number of H-pyrrole nitrogens is 1. The van der Waals surface area contributed by atoms with Crippen LogP contribution in [0.4, 0.5) is 34.3 Å². The third-order valence-electron chi connectivity index (χ3n) is 20.2. The molecule has 11 heterocycles. The number of carbonyl (C=O) groups excluding carboxylic acids is 1. The van der Waals surface area contributed by atoms with Crippen molar-refractivity contribution in [2.75, 3.05) is 126 Å². The minimum Gasteiger partial charge on any atom is -0.493 e. The number of hydrogen-bond acceptors (Lipinski definition) is 20. The number of morpholine rings is 2. The summed E-state index contributed by atoms with van der Waals surface area (Å²) in [4.78, 5) is 53.0. The molecule has 6 atom stereocenters. The maximum atomic E-state index is 16.4. The second-order valence-corrected chi connectivity index (χ2v) is 27.1. The van der Waals surface area contributed by atoms with Gasteiger partial charge in [-0.05, 0) is 97.9 Å². The average Bonchev–Trinajstić information content (AvgIpc) is 1.02. The molecular weight excluding hydrogens is 1130 g/mol. The summed E-state index contributed by atoms with van der Waals surface area (Å²) in [5.74, 6) is 1.07. The average molecular weight is 1210 g/mol. The molecule has 458 valence electrons. The number of piperazine rings is 1. The second-order valence-electron chi connectivity index (χ2n) is 25.3. The molecule has 1 amide bonds. The second kappa shape index (κ2) is 22.4. The zero-order valence-electron chi connectivity index (χ0n) is 49.1. The Morgan fingerprint density at radius 2 is 1.76 bits per heavy atom. The Morgan fingerprint density at radius 3 is 2.53 bits per heavy atom. The van der Waals surface area contributed by atoms with E-state index in [0.717, 1.165) is 107 Å². The van der Waals surface area contributed by atoms with Crippen molar-refractivity contribution in [2.24, 2.45) is 11.1 Å². The number of amides is 1. The molecule has 9 aliphatic rings. The van der Waals surface area contributed by atoms with Crippen molar-refractivity contribution in [3.8, 4) is 17.4 Å². The summed E-state index contributed by atoms with van der Waals surface area (Å²) < 4.78 is 69.0. The minimum atomic E-state index is -4.82. The molecule has 7 fully saturated rings. The standard InChI is InChI=1S/C63H74N12O11S/c1-38-5-3-4-6-46(38)52-34-69(31-39-23-54(81-2)61(66-30-39)71-18-21-82-22-19-71)16-17-73(52)43-28-63(29-43)11-14-70(15-12-63)49-8-7-47(59(64)76)57(74-48-10-20-83-37-55(48)86-62-51(74)24-40-9-13-65-60(40)68-62)58(49)87(79,80)45-26-50(75(77)78)56-53(27-45)85-35-41(67-56)32-72-33-44-25-42(72)36-84-44/h3-9,13,23-24,26-27,30,41-44,48,52,55,67H,10-12,14-22,25,28-29,31-37H2,1-2H3,(H2,64,76)(H,65,68)/t41-,42+,44+,48+,52+,55+/m1/s1. The molecule has 3 aromatic heterocycles. The number of likely N-dealkylation sites (tertiary alicyclic amines) is 1. The molecule has 1 spiro atoms. The monoisotopic (exact) mass is 1210 g/mol. The molecule has 0 unspecified atom stereocenters. The van der Waals surface area contributed by atoms with Crippen LogP contribution < -0.4 is 40.0 Å². The number of aromatic amines is 1. The van der Waals surface area contributed by atoms with Gasteiger partial charge in [-0.15, -0.1) is 0 Å². The fourth-order valence-corrected chi connectivity index (χ4v) is 17.4. The summed E-state index contributed by atoms with van der Waals surface area (Å²) in [6, 6.07) is 20.4. The van der Waals surface area contributed by atoms with Gasteiger partial charge in [-0.3, -0.25) is 29.6 Å². The number of aryl methyl sites for hydroxylation is 1. The fourth-order valence-electron chi connectivity index (χ4n) is 15.7. The van der Waals surface area contributed by atoms with E-state index in [0.29, 0.717) is 75.5 Å². The number of pyridine rings is 2. The first-order chi connectivity index (χ1) is 42.3. The molecule has 24 heteroatoms. The van der Waals surface area contributed by atoms with Crippen LogP contribution in [0.5, 0.6) is 17.4 Å². The molecule has 6 aromatic rings. The van der Waals surface area contributed by atoms with Gasteiger partial charge < -0.3 is 59.2 Å². The number of hydrogen-bond donors (Lipinski definition) is 3. The van der Waals surface area contributed by atoms with Crippen LogP contribution >= 0.6 is 0 Å². The number of fused-ring (bicyclic) bond motifs is 6. The van der Waals surface area contributed by atoms with Crippen molar-refractivity contribution in [2.45, 2.75) is 104 Å². The number of rotatable bonds is 14. The maximum absolute atomic E-state index is 16.4. The van der Waals surface area contributed by atoms with Crippen molar-refractivity contribution in [3.05, 3.63) is 111 Å². The lowest BCUT2D eigenvalue weighted by atomic mass is 9.59. The number of carbonyl (C=O) groups is 1. The Morgan fingerprint density at radius 1 is 0.920 bits per heavy atom. The summed E-state index contributed by atoms with van der Waals surface area (Å²) >= 11 is 0. The van der Waals surface area contributed by atoms with Crippen LogP contribution in [0.3, 0.4) is 0 Å². The Labute approximate surface area is 505 Å². The molecule has 1 saturated carbocycles. The van der Waals surface area contributed by atoms with Crippen molar-refractivity contribution >= 4 is 61.0 Å². The number of benzene rings is 3. The first-order valence-electron chi connectivity index (χ1n) is 30.7. The number of methoxy groups -OCH3 is 1. The number of nitrogens with zero attached hydrogens (tertiary/aromatic N) is 9. The normalized spacial score (nSPS) is 25.7. The Bertz CT molecular complexity index is 3770. The summed E-state index contributed by atoms with van der Waals surface area (Å²) in [6.07, 6.45) is 8.28. The quantitative estimate of drug-likeness (QED) is 0.0768. The molecule has 15 rings (SSSR count). The first-order valence-corrected chi connectivity index (χ1v) is 32.2. The third kappa shape index (κ3) is 10.1. The fraction of sp³-hybridized carbons (Fsp3) is 0.508. The molecule has 2 bridgehead atoms. The number of anilines is 5. The van der Waals surface area contributed by atoms with Crippen LogP contribution in [0, 0.1) is 22.5 Å². The largest absolute Gasteiger partial charge is 0.493 e. The van der Waals surface area contributed by atoms with E-state index in [4.69, 9.17) is 44.1 Å². The van der Waals surface area contributed by atoms with Crippen LogP contribution in [0.1, 0.15) is 71.6 Å². The number of primary amides is 1. The van der Waals surface area contributed by atoms with Crippen molar-refractivity contribution in [3.63, 3.8) is 0 Å². The van der Waals surface area contributed by atoms with Gasteiger partial charge in [0.1, 0.15) is 28.9 Å². The third-order valence-corrected chi connectivity index (χ3v) is 22.0. The first kappa shape index (κ1) is 56.2. The number of nitrogens with one attached hydrogen (secondary N) is 2. The van der Waals surface area contributed by atoms with E-state index in [1.165, 1.54) is 17.2 Å². The topological polar surface area (TPSA) is 249 Å². The molecule has 87 heavy (non-hydrogen) atoms. The van der Waals surface area contributed by atoms with Gasteiger partial charge in [0.25, 0.3) is 11.6 Å². The summed E-state index contributed by atoms with van der Waals surface area (Å²) in [7, 11) is -3.11. The van der Waals surface area contributed by atoms with Gasteiger partial charge in [0.2, 0.25) is 15.7 Å². The Kier molecular flexibility index (Phi) is 14.5. The predicted molar refractivity (Wildman–Crippen MR) is 325 cm³/mol. The number of piperidine rings is 1. The van der Waals surface area contributed by atoms with Crippen LogP contribution in [0.15, 0.2) is 88.9 Å². The number of nitro benzene ring substituents is 1. The molecular formula is C63H74N12O11S. The van der Waals surface area contributed by atoms with E-state index in [2.05, 4.69) is 72.1 Å². The van der Waals surface area contributed by atoms with Gasteiger partial charge in [0.05, 0.1) is 78.5 Å². The van der Waals surface area contributed by atoms with E-state index in [-0.39, 0.29) is 81.2 Å². The molecule has 0 radical (unpaired) electrons. The molecule has 6 saturated heterocycles.